The van der Waals surface area contributed by atoms with Crippen LogP contribution in [0.3, 0.4) is 0 Å². The summed E-state index contributed by atoms with van der Waals surface area (Å²) < 4.78 is 62.5. The van der Waals surface area contributed by atoms with Gasteiger partial charge >= 0.3 is 6.09 Å². The summed E-state index contributed by atoms with van der Waals surface area (Å²) in [6, 6.07) is 22.6. The number of aliphatic hydroxyl groups excluding tert-OH is 1. The number of rotatable bonds is 17. The molecule has 0 radical (unpaired) electrons. The standard InChI is InChI=1S/C37H45N3O10S/c1-37(2,16-6-7-17-38)24-40(51(43,44)31-14-15-34-35(19-31)49-26-48-34)20-33(41)32(39-36(42)50-30-22-45-25-46-23-30)18-27-10-12-29(13-11-27)47-21-28-8-4-3-5-9-28/h3-5,8-15,19,30,32-33,41H,6-7,16,18,20-26H2,1-2H3,(H,39,42). The lowest BCUT2D eigenvalue weighted by Crippen LogP contribution is -2.52. The quantitative estimate of drug-likeness (QED) is 0.184. The van der Waals surface area contributed by atoms with Crippen molar-refractivity contribution in [2.75, 3.05) is 39.9 Å². The summed E-state index contributed by atoms with van der Waals surface area (Å²) >= 11 is 0. The van der Waals surface area contributed by atoms with Crippen molar-refractivity contribution in [2.24, 2.45) is 5.41 Å². The molecule has 0 aliphatic carbocycles. The molecule has 0 spiro atoms. The van der Waals surface area contributed by atoms with Crippen LogP contribution in [0.15, 0.2) is 77.7 Å². The van der Waals surface area contributed by atoms with Crippen molar-refractivity contribution in [3.63, 3.8) is 0 Å². The van der Waals surface area contributed by atoms with Crippen LogP contribution < -0.4 is 19.5 Å². The Morgan fingerprint density at radius 1 is 1.02 bits per heavy atom. The van der Waals surface area contributed by atoms with Gasteiger partial charge < -0.3 is 38.8 Å². The van der Waals surface area contributed by atoms with Crippen molar-refractivity contribution >= 4 is 16.1 Å². The third-order valence-corrected chi connectivity index (χ3v) is 10.4. The molecule has 2 atom stereocenters. The van der Waals surface area contributed by atoms with Crippen molar-refractivity contribution in [2.45, 2.75) is 69.3 Å². The van der Waals surface area contributed by atoms with Gasteiger partial charge in [0.05, 0.1) is 36.3 Å². The number of alkyl carbamates (subject to hydrolysis) is 1. The number of fused-ring (bicyclic) bond motifs is 1. The Labute approximate surface area is 299 Å². The first kappa shape index (κ1) is 37.9. The summed E-state index contributed by atoms with van der Waals surface area (Å²) in [6.07, 6.45) is -1.18. The number of unbranched alkanes of at least 4 members (excludes halogenated alkanes) is 1. The van der Waals surface area contributed by atoms with Gasteiger partial charge in [-0.15, -0.1) is 0 Å². The maximum Gasteiger partial charge on any atom is 0.407 e. The normalized spacial score (nSPS) is 15.9. The Bertz CT molecular complexity index is 1730. The maximum absolute atomic E-state index is 14.3. The number of nitriles is 1. The van der Waals surface area contributed by atoms with Crippen molar-refractivity contribution in [1.82, 2.24) is 9.62 Å². The molecule has 2 unspecified atom stereocenters. The average Bonchev–Trinajstić information content (AvgIpc) is 3.60. The number of sulfonamides is 1. The highest BCUT2D eigenvalue weighted by molar-refractivity contribution is 7.89. The van der Waals surface area contributed by atoms with Gasteiger partial charge in [-0.3, -0.25) is 0 Å². The minimum atomic E-state index is -4.19. The Kier molecular flexibility index (Phi) is 13.1. The molecule has 51 heavy (non-hydrogen) atoms. The Morgan fingerprint density at radius 3 is 2.47 bits per heavy atom. The molecule has 1 amide bonds. The lowest BCUT2D eigenvalue weighted by atomic mass is 9.87. The zero-order valence-corrected chi connectivity index (χ0v) is 29.7. The molecule has 2 heterocycles. The van der Waals surface area contributed by atoms with Crippen LogP contribution in [0.25, 0.3) is 0 Å². The molecule has 2 N–H and O–H groups in total. The van der Waals surface area contributed by atoms with E-state index in [1.54, 1.807) is 12.1 Å². The van der Waals surface area contributed by atoms with Crippen molar-refractivity contribution in [1.29, 1.82) is 5.26 Å². The lowest BCUT2D eigenvalue weighted by molar-refractivity contribution is -0.151. The Balaban J connectivity index is 1.36. The molecule has 0 aromatic heterocycles. The van der Waals surface area contributed by atoms with Gasteiger partial charge in [0.2, 0.25) is 16.8 Å². The van der Waals surface area contributed by atoms with Gasteiger partial charge in [-0.2, -0.15) is 9.57 Å². The van der Waals surface area contributed by atoms with Gasteiger partial charge in [-0.1, -0.05) is 56.3 Å². The average molecular weight is 724 g/mol. The van der Waals surface area contributed by atoms with Crippen LogP contribution in [0.4, 0.5) is 4.79 Å². The van der Waals surface area contributed by atoms with E-state index in [-0.39, 0.29) is 51.2 Å². The summed E-state index contributed by atoms with van der Waals surface area (Å²) in [5, 5.41) is 23.6. The minimum Gasteiger partial charge on any atom is -0.489 e. The second-order valence-corrected chi connectivity index (χ2v) is 15.3. The molecule has 13 nitrogen and oxygen atoms in total. The number of amides is 1. The lowest BCUT2D eigenvalue weighted by Gasteiger charge is -2.35. The summed E-state index contributed by atoms with van der Waals surface area (Å²) in [7, 11) is -4.19. The second kappa shape index (κ2) is 17.7. The number of hydrogen-bond donors (Lipinski definition) is 2. The van der Waals surface area contributed by atoms with E-state index in [4.69, 9.17) is 33.7 Å². The van der Waals surface area contributed by atoms with Crippen molar-refractivity contribution in [3.8, 4) is 23.3 Å². The predicted molar refractivity (Wildman–Crippen MR) is 185 cm³/mol. The molecule has 3 aromatic rings. The molecule has 274 valence electrons. The summed E-state index contributed by atoms with van der Waals surface area (Å²) in [5.41, 5.74) is 1.23. The molecule has 2 aliphatic heterocycles. The number of nitrogens with one attached hydrogen (secondary N) is 1. The summed E-state index contributed by atoms with van der Waals surface area (Å²) in [5.74, 6) is 1.38. The first-order valence-electron chi connectivity index (χ1n) is 16.9. The van der Waals surface area contributed by atoms with Crippen LogP contribution >= 0.6 is 0 Å². The molecule has 3 aromatic carbocycles. The fraction of sp³-hybridized carbons (Fsp3) is 0.459. The van der Waals surface area contributed by atoms with E-state index in [0.717, 1.165) is 11.1 Å². The van der Waals surface area contributed by atoms with E-state index in [1.165, 1.54) is 22.5 Å². The third kappa shape index (κ3) is 11.0. The van der Waals surface area contributed by atoms with E-state index in [1.807, 2.05) is 56.3 Å². The zero-order valence-electron chi connectivity index (χ0n) is 28.9. The van der Waals surface area contributed by atoms with Gasteiger partial charge in [0.25, 0.3) is 0 Å². The fourth-order valence-electron chi connectivity index (χ4n) is 5.84. The van der Waals surface area contributed by atoms with Crippen LogP contribution in [0.1, 0.15) is 44.2 Å². The first-order valence-corrected chi connectivity index (χ1v) is 18.3. The SMILES string of the molecule is CC(C)(CCCC#N)CN(CC(O)C(Cc1ccc(OCc2ccccc2)cc1)NC(=O)OC1COCOC1)S(=O)(=O)c1ccc2c(c1)OCO2. The summed E-state index contributed by atoms with van der Waals surface area (Å²) in [6.45, 7) is 4.32. The molecule has 1 saturated heterocycles. The maximum atomic E-state index is 14.3. The first-order chi connectivity index (χ1) is 24.5. The van der Waals surface area contributed by atoms with E-state index >= 15 is 0 Å². The molecule has 0 saturated carbocycles. The Morgan fingerprint density at radius 2 is 1.75 bits per heavy atom. The largest absolute Gasteiger partial charge is 0.489 e. The van der Waals surface area contributed by atoms with Gasteiger partial charge in [0, 0.05) is 25.6 Å². The third-order valence-electron chi connectivity index (χ3n) is 8.56. The molecular weight excluding hydrogens is 678 g/mol. The van der Waals surface area contributed by atoms with Crippen LogP contribution in [0, 0.1) is 16.7 Å². The number of benzene rings is 3. The minimum absolute atomic E-state index is 0.0180. The van der Waals surface area contributed by atoms with E-state index in [2.05, 4.69) is 11.4 Å². The van der Waals surface area contributed by atoms with Crippen LogP contribution in [0.2, 0.25) is 0 Å². The van der Waals surface area contributed by atoms with Crippen LogP contribution in [-0.2, 0) is 37.3 Å². The Hall–Kier alpha value is -4.39. The molecule has 2 aliphatic rings. The molecule has 1 fully saturated rings. The smallest absolute Gasteiger partial charge is 0.407 e. The highest BCUT2D eigenvalue weighted by atomic mass is 32.2. The van der Waals surface area contributed by atoms with E-state index in [0.29, 0.717) is 43.1 Å². The molecule has 0 bridgehead atoms. The van der Waals surface area contributed by atoms with Crippen molar-refractivity contribution < 1.29 is 46.7 Å². The summed E-state index contributed by atoms with van der Waals surface area (Å²) in [4.78, 5) is 13.1. The number of carbonyl (C=O) groups is 1. The number of hydrogen-bond acceptors (Lipinski definition) is 11. The van der Waals surface area contributed by atoms with Gasteiger partial charge in [-0.25, -0.2) is 13.2 Å². The van der Waals surface area contributed by atoms with E-state index in [9.17, 15) is 18.3 Å². The monoisotopic (exact) mass is 723 g/mol. The van der Waals surface area contributed by atoms with Crippen LogP contribution in [-0.4, -0.2) is 82.1 Å². The highest BCUT2D eigenvalue weighted by Crippen LogP contribution is 2.36. The number of carbonyl (C=O) groups excluding carboxylic acids is 1. The van der Waals surface area contributed by atoms with Gasteiger partial charge in [0.15, 0.2) is 17.6 Å². The fourth-order valence-corrected chi connectivity index (χ4v) is 7.51. The molecule has 14 heteroatoms. The topological polar surface area (TPSA) is 166 Å². The molecule has 5 rings (SSSR count). The predicted octanol–water partition coefficient (Wildman–Crippen LogP) is 4.78. The molecular formula is C37H45N3O10S. The van der Waals surface area contributed by atoms with Crippen LogP contribution in [0.5, 0.6) is 17.2 Å². The van der Waals surface area contributed by atoms with Gasteiger partial charge in [0.1, 0.15) is 19.1 Å². The number of nitrogens with zero attached hydrogens (tertiary/aromatic N) is 2. The zero-order chi connectivity index (χ0) is 36.3. The van der Waals surface area contributed by atoms with Gasteiger partial charge in [-0.05, 0) is 60.1 Å². The number of aliphatic hydroxyl groups is 1. The second-order valence-electron chi connectivity index (χ2n) is 13.3. The van der Waals surface area contributed by atoms with Crippen molar-refractivity contribution in [3.05, 3.63) is 83.9 Å². The number of ether oxygens (including phenoxy) is 6. The van der Waals surface area contributed by atoms with E-state index < -0.39 is 39.8 Å². The highest BCUT2D eigenvalue weighted by Gasteiger charge is 2.36.